The summed E-state index contributed by atoms with van der Waals surface area (Å²) < 4.78 is 23.7. The zero-order valence-electron chi connectivity index (χ0n) is 7.77. The Morgan fingerprint density at radius 3 is 2.79 bits per heavy atom. The molecule has 0 spiro atoms. The van der Waals surface area contributed by atoms with Crippen LogP contribution in [0.3, 0.4) is 0 Å². The molecule has 1 rings (SSSR count). The average Bonchev–Trinajstić information content (AvgIpc) is 2.51. The van der Waals surface area contributed by atoms with E-state index in [2.05, 4.69) is 11.7 Å². The van der Waals surface area contributed by atoms with Gasteiger partial charge in [-0.25, -0.2) is 8.42 Å². The van der Waals surface area contributed by atoms with Crippen LogP contribution in [-0.2, 0) is 16.4 Å². The first-order valence-electron chi connectivity index (χ1n) is 3.88. The fraction of sp³-hybridized carbons (Fsp3) is 0.375. The highest BCUT2D eigenvalue weighted by atomic mass is 35.5. The molecular weight excluding hydrogens is 224 g/mol. The van der Waals surface area contributed by atoms with Crippen LogP contribution < -0.4 is 0 Å². The summed E-state index contributed by atoms with van der Waals surface area (Å²) in [5.74, 6) is 0.341. The zero-order valence-corrected chi connectivity index (χ0v) is 9.35. The molecule has 0 fully saturated rings. The van der Waals surface area contributed by atoms with Crippen LogP contribution in [0, 0.1) is 0 Å². The zero-order chi connectivity index (χ0) is 10.8. The van der Waals surface area contributed by atoms with E-state index in [-0.39, 0.29) is 4.90 Å². The summed E-state index contributed by atoms with van der Waals surface area (Å²) >= 11 is 5.54. The standard InChI is InChI=1S/C8H11ClN2O2S/c1-7(3-9)5-11-6-8(4-10-11)14(2,12)13/h4,6H,1,3,5H2,2H3. The molecule has 0 aliphatic heterocycles. The molecule has 0 atom stereocenters. The predicted octanol–water partition coefficient (Wildman–Crippen LogP) is 1.08. The molecule has 1 heterocycles. The van der Waals surface area contributed by atoms with E-state index in [1.807, 2.05) is 0 Å². The first-order valence-corrected chi connectivity index (χ1v) is 6.31. The van der Waals surface area contributed by atoms with Gasteiger partial charge in [0.25, 0.3) is 0 Å². The van der Waals surface area contributed by atoms with Crippen LogP contribution >= 0.6 is 11.6 Å². The highest BCUT2D eigenvalue weighted by molar-refractivity contribution is 7.90. The lowest BCUT2D eigenvalue weighted by Crippen LogP contribution is -2.01. The van der Waals surface area contributed by atoms with Crippen LogP contribution in [0.25, 0.3) is 0 Å². The SMILES string of the molecule is C=C(CCl)Cn1cc(S(C)(=O)=O)cn1. The lowest BCUT2D eigenvalue weighted by Gasteiger charge is -2.00. The molecule has 14 heavy (non-hydrogen) atoms. The highest BCUT2D eigenvalue weighted by Crippen LogP contribution is 2.07. The summed E-state index contributed by atoms with van der Waals surface area (Å²) in [7, 11) is -3.17. The third-order valence-corrected chi connectivity index (χ3v) is 3.06. The van der Waals surface area contributed by atoms with E-state index in [9.17, 15) is 8.42 Å². The minimum absolute atomic E-state index is 0.208. The van der Waals surface area contributed by atoms with Gasteiger partial charge in [-0.3, -0.25) is 4.68 Å². The first kappa shape index (κ1) is 11.3. The number of alkyl halides is 1. The van der Waals surface area contributed by atoms with Crippen LogP contribution in [-0.4, -0.2) is 30.3 Å². The summed E-state index contributed by atoms with van der Waals surface area (Å²) in [6.45, 7) is 4.14. The average molecular weight is 235 g/mol. The molecule has 0 unspecified atom stereocenters. The molecule has 4 nitrogen and oxygen atoms in total. The van der Waals surface area contributed by atoms with E-state index in [1.165, 1.54) is 17.1 Å². The highest BCUT2D eigenvalue weighted by Gasteiger charge is 2.09. The Kier molecular flexibility index (Phi) is 3.34. The number of hydrogen-bond donors (Lipinski definition) is 0. The summed E-state index contributed by atoms with van der Waals surface area (Å²) in [5, 5.41) is 3.89. The second-order valence-electron chi connectivity index (χ2n) is 3.03. The summed E-state index contributed by atoms with van der Waals surface area (Å²) in [5.41, 5.74) is 0.787. The third-order valence-electron chi connectivity index (χ3n) is 1.61. The van der Waals surface area contributed by atoms with Crippen molar-refractivity contribution in [1.29, 1.82) is 0 Å². The van der Waals surface area contributed by atoms with Crippen molar-refractivity contribution >= 4 is 21.4 Å². The minimum atomic E-state index is -3.17. The van der Waals surface area contributed by atoms with E-state index in [0.29, 0.717) is 12.4 Å². The van der Waals surface area contributed by atoms with E-state index in [4.69, 9.17) is 11.6 Å². The number of allylic oxidation sites excluding steroid dienone is 1. The first-order chi connectivity index (χ1) is 6.43. The van der Waals surface area contributed by atoms with Crippen molar-refractivity contribution < 1.29 is 8.42 Å². The molecule has 1 aromatic rings. The van der Waals surface area contributed by atoms with Gasteiger partial charge in [0.15, 0.2) is 9.84 Å². The van der Waals surface area contributed by atoms with Crippen LogP contribution in [0.15, 0.2) is 29.4 Å². The van der Waals surface area contributed by atoms with Crippen molar-refractivity contribution in [2.75, 3.05) is 12.1 Å². The van der Waals surface area contributed by atoms with Gasteiger partial charge in [-0.1, -0.05) is 6.58 Å². The Morgan fingerprint density at radius 1 is 1.71 bits per heavy atom. The number of sulfone groups is 1. The lowest BCUT2D eigenvalue weighted by molar-refractivity contribution is 0.601. The van der Waals surface area contributed by atoms with Gasteiger partial charge in [0.05, 0.1) is 12.7 Å². The molecule has 0 aliphatic rings. The smallest absolute Gasteiger partial charge is 0.178 e. The molecule has 6 heteroatoms. The molecule has 0 radical (unpaired) electrons. The van der Waals surface area contributed by atoms with Crippen LogP contribution in [0.4, 0.5) is 0 Å². The largest absolute Gasteiger partial charge is 0.267 e. The summed E-state index contributed by atoms with van der Waals surface area (Å²) in [6, 6.07) is 0. The summed E-state index contributed by atoms with van der Waals surface area (Å²) in [4.78, 5) is 0.208. The van der Waals surface area contributed by atoms with Crippen molar-refractivity contribution in [2.24, 2.45) is 0 Å². The van der Waals surface area contributed by atoms with Crippen LogP contribution in [0.1, 0.15) is 0 Å². The van der Waals surface area contributed by atoms with Crippen molar-refractivity contribution in [3.8, 4) is 0 Å². The van der Waals surface area contributed by atoms with Crippen LogP contribution in [0.2, 0.25) is 0 Å². The maximum Gasteiger partial charge on any atom is 0.178 e. The van der Waals surface area contributed by atoms with E-state index >= 15 is 0 Å². The van der Waals surface area contributed by atoms with Crippen molar-refractivity contribution in [3.63, 3.8) is 0 Å². The van der Waals surface area contributed by atoms with Crippen molar-refractivity contribution in [1.82, 2.24) is 9.78 Å². The molecule has 0 aromatic carbocycles. The molecule has 78 valence electrons. The fourth-order valence-corrected chi connectivity index (χ4v) is 1.53. The van der Waals surface area contributed by atoms with Crippen molar-refractivity contribution in [2.45, 2.75) is 11.4 Å². The van der Waals surface area contributed by atoms with Crippen molar-refractivity contribution in [3.05, 3.63) is 24.5 Å². The number of halogens is 1. The number of nitrogens with zero attached hydrogens (tertiary/aromatic N) is 2. The maximum absolute atomic E-state index is 11.1. The predicted molar refractivity (Wildman–Crippen MR) is 55.2 cm³/mol. The molecule has 0 aliphatic carbocycles. The molecular formula is C8H11ClN2O2S. The van der Waals surface area contributed by atoms with Gasteiger partial charge < -0.3 is 0 Å². The normalized spacial score (nSPS) is 11.6. The molecule has 1 aromatic heterocycles. The van der Waals surface area contributed by atoms with Gasteiger partial charge >= 0.3 is 0 Å². The molecule has 0 bridgehead atoms. The van der Waals surface area contributed by atoms with E-state index in [1.54, 1.807) is 0 Å². The molecule has 0 saturated heterocycles. The second-order valence-corrected chi connectivity index (χ2v) is 5.31. The Labute approximate surface area is 88.1 Å². The van der Waals surface area contributed by atoms with Gasteiger partial charge in [-0.05, 0) is 5.57 Å². The molecule has 0 amide bonds. The fourth-order valence-electron chi connectivity index (χ4n) is 0.894. The topological polar surface area (TPSA) is 52.0 Å². The number of rotatable bonds is 4. The quantitative estimate of drug-likeness (QED) is 0.579. The Morgan fingerprint density at radius 2 is 2.36 bits per heavy atom. The Bertz CT molecular complexity index is 436. The number of hydrogen-bond acceptors (Lipinski definition) is 3. The monoisotopic (exact) mass is 234 g/mol. The minimum Gasteiger partial charge on any atom is -0.267 e. The van der Waals surface area contributed by atoms with E-state index in [0.717, 1.165) is 11.8 Å². The Balaban J connectivity index is 2.84. The van der Waals surface area contributed by atoms with Gasteiger partial charge in [-0.15, -0.1) is 11.6 Å². The van der Waals surface area contributed by atoms with Gasteiger partial charge in [0.1, 0.15) is 4.90 Å². The van der Waals surface area contributed by atoms with E-state index < -0.39 is 9.84 Å². The van der Waals surface area contributed by atoms with Gasteiger partial charge in [0, 0.05) is 18.3 Å². The third kappa shape index (κ3) is 2.85. The van der Waals surface area contributed by atoms with Crippen LogP contribution in [0.5, 0.6) is 0 Å². The second kappa shape index (κ2) is 4.14. The molecule has 0 N–H and O–H groups in total. The van der Waals surface area contributed by atoms with Gasteiger partial charge in [0.2, 0.25) is 0 Å². The Hall–Kier alpha value is -0.810. The molecule has 0 saturated carbocycles. The van der Waals surface area contributed by atoms with Gasteiger partial charge in [-0.2, -0.15) is 5.10 Å². The maximum atomic E-state index is 11.1. The number of aromatic nitrogens is 2. The lowest BCUT2D eigenvalue weighted by atomic mass is 10.3. The summed E-state index contributed by atoms with van der Waals surface area (Å²) in [6.07, 6.45) is 3.93.